The van der Waals surface area contributed by atoms with Gasteiger partial charge in [-0.25, -0.2) is 8.42 Å². The smallest absolute Gasteiger partial charge is 0.256 e. The highest BCUT2D eigenvalue weighted by molar-refractivity contribution is 7.89. The van der Waals surface area contributed by atoms with Crippen molar-refractivity contribution in [3.8, 4) is 0 Å². The molecule has 0 saturated carbocycles. The Morgan fingerprint density at radius 2 is 1.35 bits per heavy atom. The first-order chi connectivity index (χ1) is 18.8. The van der Waals surface area contributed by atoms with E-state index < -0.39 is 16.1 Å². The van der Waals surface area contributed by atoms with E-state index in [1.165, 1.54) is 16.7 Å². The molecule has 0 amide bonds. The summed E-state index contributed by atoms with van der Waals surface area (Å²) in [5.74, 6) is 6.57. The van der Waals surface area contributed by atoms with Crippen LogP contribution in [0.2, 0.25) is 0 Å². The van der Waals surface area contributed by atoms with Gasteiger partial charge in [-0.2, -0.15) is 0 Å². The molecule has 2 atom stereocenters. The van der Waals surface area contributed by atoms with Gasteiger partial charge in [-0.1, -0.05) is 96.6 Å². The van der Waals surface area contributed by atoms with E-state index in [4.69, 9.17) is 5.84 Å². The molecule has 0 aliphatic carbocycles. The van der Waals surface area contributed by atoms with Crippen LogP contribution in [-0.2, 0) is 16.4 Å². The van der Waals surface area contributed by atoms with Crippen molar-refractivity contribution >= 4 is 22.4 Å². The molecule has 7 heteroatoms. The Morgan fingerprint density at radius 3 is 1.95 bits per heavy atom. The molecule has 0 aliphatic heterocycles. The lowest BCUT2D eigenvalue weighted by atomic mass is 9.93. The van der Waals surface area contributed by atoms with Gasteiger partial charge in [0.25, 0.3) is 10.0 Å². The van der Waals surface area contributed by atoms with E-state index in [1.807, 2.05) is 67.6 Å². The number of unbranched alkanes of at least 4 members (excludes halogenated alkanes) is 1. The van der Waals surface area contributed by atoms with Crippen LogP contribution in [0.1, 0.15) is 58.3 Å². The van der Waals surface area contributed by atoms with Crippen LogP contribution >= 0.6 is 12.4 Å². The number of hydrazine groups is 1. The molecule has 0 spiro atoms. The molecule has 4 aromatic carbocycles. The summed E-state index contributed by atoms with van der Waals surface area (Å²) in [5, 5.41) is 3.67. The van der Waals surface area contributed by atoms with Gasteiger partial charge in [-0.15, -0.1) is 16.8 Å². The van der Waals surface area contributed by atoms with E-state index in [-0.39, 0.29) is 23.3 Å². The molecule has 0 fully saturated rings. The largest absolute Gasteiger partial charge is 0.308 e. The van der Waals surface area contributed by atoms with Gasteiger partial charge in [0.15, 0.2) is 0 Å². The fourth-order valence-electron chi connectivity index (χ4n) is 4.86. The third kappa shape index (κ3) is 7.80. The molecule has 4 rings (SSSR count). The van der Waals surface area contributed by atoms with Crippen molar-refractivity contribution in [2.45, 2.75) is 57.0 Å². The topological polar surface area (TPSA) is 75.4 Å². The van der Waals surface area contributed by atoms with Crippen LogP contribution in [0.3, 0.4) is 0 Å². The molecule has 212 valence electrons. The molecule has 5 nitrogen and oxygen atoms in total. The molecule has 40 heavy (non-hydrogen) atoms. The first-order valence-corrected chi connectivity index (χ1v) is 15.0. The molecule has 0 radical (unpaired) electrons. The lowest BCUT2D eigenvalue weighted by molar-refractivity contribution is 0.261. The molecule has 0 aliphatic rings. The van der Waals surface area contributed by atoms with Gasteiger partial charge in [0.1, 0.15) is 0 Å². The predicted octanol–water partition coefficient (Wildman–Crippen LogP) is 6.99. The van der Waals surface area contributed by atoms with Gasteiger partial charge in [0.2, 0.25) is 0 Å². The highest BCUT2D eigenvalue weighted by Gasteiger charge is 2.36. The third-order valence-electron chi connectivity index (χ3n) is 7.31. The zero-order chi connectivity index (χ0) is 27.8. The van der Waals surface area contributed by atoms with Crippen LogP contribution in [-0.4, -0.2) is 19.4 Å². The minimum atomic E-state index is -3.96. The lowest BCUT2D eigenvalue weighted by Gasteiger charge is -2.35. The first kappa shape index (κ1) is 31.5. The Labute approximate surface area is 245 Å². The zero-order valence-corrected chi connectivity index (χ0v) is 25.1. The maximum atomic E-state index is 13.8. The number of sulfonamides is 1. The van der Waals surface area contributed by atoms with E-state index in [0.29, 0.717) is 0 Å². The van der Waals surface area contributed by atoms with Crippen LogP contribution in [0.5, 0.6) is 0 Å². The van der Waals surface area contributed by atoms with E-state index in [9.17, 15) is 8.42 Å². The number of nitrogens with two attached hydrogens (primary N) is 1. The maximum Gasteiger partial charge on any atom is 0.256 e. The van der Waals surface area contributed by atoms with E-state index in [1.54, 1.807) is 24.3 Å². The Kier molecular flexibility index (Phi) is 11.5. The number of nitrogens with zero attached hydrogens (tertiary/aromatic N) is 1. The molecular formula is C33H40ClN3O2S. The van der Waals surface area contributed by atoms with Crippen LogP contribution in [0.4, 0.5) is 0 Å². The normalized spacial score (nSPS) is 13.0. The van der Waals surface area contributed by atoms with Gasteiger partial charge in [0, 0.05) is 0 Å². The van der Waals surface area contributed by atoms with E-state index in [0.717, 1.165) is 46.9 Å². The molecular weight excluding hydrogens is 538 g/mol. The van der Waals surface area contributed by atoms with Crippen molar-refractivity contribution in [1.82, 2.24) is 9.73 Å². The fraction of sp³-hybridized carbons (Fsp3) is 0.273. The number of benzene rings is 4. The summed E-state index contributed by atoms with van der Waals surface area (Å²) in [4.78, 5) is 0.178. The zero-order valence-electron chi connectivity index (χ0n) is 23.5. The average Bonchev–Trinajstić information content (AvgIpc) is 2.95. The van der Waals surface area contributed by atoms with Gasteiger partial charge in [-0.05, 0) is 86.5 Å². The Morgan fingerprint density at radius 1 is 0.750 bits per heavy atom. The van der Waals surface area contributed by atoms with Crippen LogP contribution in [0.25, 0.3) is 0 Å². The summed E-state index contributed by atoms with van der Waals surface area (Å²) in [5.41, 5.74) is 6.77. The van der Waals surface area contributed by atoms with Gasteiger partial charge >= 0.3 is 0 Å². The second-order valence-electron chi connectivity index (χ2n) is 10.2. The Balaban J connectivity index is 0.00000441. The van der Waals surface area contributed by atoms with Crippen LogP contribution in [0.15, 0.2) is 108 Å². The standard InChI is InChI=1S/C33H39N3O2S.ClH/c1-25-17-21-31(22-18-25)39(37,38)36(34)33(30-15-8-5-9-16-30)32(29-13-6-4-7-14-29)35-23-11-10-12-28-20-19-26(2)27(3)24-28;/h4-9,13-22,24,32-33,35H,10-12,23,34H2,1-3H3;1H/t32-,33+;/m1./s1. The minimum absolute atomic E-state index is 0. The summed E-state index contributed by atoms with van der Waals surface area (Å²) >= 11 is 0. The molecule has 4 aromatic rings. The summed E-state index contributed by atoms with van der Waals surface area (Å²) in [6, 6.07) is 32.1. The number of nitrogens with one attached hydrogen (secondary N) is 1. The maximum absolute atomic E-state index is 13.8. The van der Waals surface area contributed by atoms with Gasteiger partial charge < -0.3 is 5.32 Å². The molecule has 0 aromatic heterocycles. The van der Waals surface area contributed by atoms with Crippen molar-refractivity contribution in [1.29, 1.82) is 0 Å². The molecule has 0 saturated heterocycles. The van der Waals surface area contributed by atoms with Crippen molar-refractivity contribution in [2.75, 3.05) is 6.54 Å². The van der Waals surface area contributed by atoms with Crippen molar-refractivity contribution in [2.24, 2.45) is 5.84 Å². The molecule has 0 heterocycles. The SMILES string of the molecule is Cc1ccc(S(=O)(=O)N(N)[C@@H](c2ccccc2)[C@H](NCCCCc2ccc(C)c(C)c2)c2ccccc2)cc1.Cl. The number of rotatable bonds is 12. The monoisotopic (exact) mass is 577 g/mol. The molecule has 0 bridgehead atoms. The minimum Gasteiger partial charge on any atom is -0.308 e. The Hall–Kier alpha value is -3.00. The number of aryl methyl sites for hydroxylation is 4. The summed E-state index contributed by atoms with van der Waals surface area (Å²) in [6.07, 6.45) is 2.99. The summed E-state index contributed by atoms with van der Waals surface area (Å²) in [6.45, 7) is 6.94. The molecule has 0 unspecified atom stereocenters. The third-order valence-corrected chi connectivity index (χ3v) is 8.96. The average molecular weight is 578 g/mol. The second-order valence-corrected chi connectivity index (χ2v) is 12.1. The fourth-order valence-corrected chi connectivity index (χ4v) is 6.13. The number of hydrogen-bond acceptors (Lipinski definition) is 4. The van der Waals surface area contributed by atoms with Gasteiger partial charge in [0.05, 0.1) is 17.0 Å². The van der Waals surface area contributed by atoms with Crippen molar-refractivity contribution in [3.63, 3.8) is 0 Å². The Bertz CT molecular complexity index is 1450. The van der Waals surface area contributed by atoms with Crippen LogP contribution < -0.4 is 11.2 Å². The summed E-state index contributed by atoms with van der Waals surface area (Å²) in [7, 11) is -3.96. The van der Waals surface area contributed by atoms with E-state index >= 15 is 0 Å². The first-order valence-electron chi connectivity index (χ1n) is 13.5. The molecule has 3 N–H and O–H groups in total. The number of hydrogen-bond donors (Lipinski definition) is 2. The van der Waals surface area contributed by atoms with Gasteiger partial charge in [-0.3, -0.25) is 5.84 Å². The quantitative estimate of drug-likeness (QED) is 0.108. The van der Waals surface area contributed by atoms with Crippen LogP contribution in [0, 0.1) is 20.8 Å². The second kappa shape index (κ2) is 14.6. The predicted molar refractivity (Wildman–Crippen MR) is 167 cm³/mol. The lowest BCUT2D eigenvalue weighted by Crippen LogP contribution is -2.46. The van der Waals surface area contributed by atoms with E-state index in [2.05, 4.69) is 37.4 Å². The summed E-state index contributed by atoms with van der Waals surface area (Å²) < 4.78 is 28.5. The highest BCUT2D eigenvalue weighted by Crippen LogP contribution is 2.36. The highest BCUT2D eigenvalue weighted by atomic mass is 35.5. The van der Waals surface area contributed by atoms with Crippen molar-refractivity contribution < 1.29 is 8.42 Å². The van der Waals surface area contributed by atoms with Crippen molar-refractivity contribution in [3.05, 3.63) is 137 Å². The number of halogens is 1.